The number of nitrogens with zero attached hydrogens (tertiary/aromatic N) is 2. The summed E-state index contributed by atoms with van der Waals surface area (Å²) in [6, 6.07) is 18.2. The molecule has 1 amide bonds. The molecule has 0 bridgehead atoms. The number of hydrogen-bond acceptors (Lipinski definition) is 5. The van der Waals surface area contributed by atoms with Gasteiger partial charge < -0.3 is 15.2 Å². The highest BCUT2D eigenvalue weighted by atomic mass is 16.5. The predicted molar refractivity (Wildman–Crippen MR) is 110 cm³/mol. The molecule has 6 nitrogen and oxygen atoms in total. The third-order valence-corrected chi connectivity index (χ3v) is 4.91. The molecule has 2 N–H and O–H groups in total. The highest BCUT2D eigenvalue weighted by Crippen LogP contribution is 2.31. The van der Waals surface area contributed by atoms with Gasteiger partial charge >= 0.3 is 0 Å². The minimum atomic E-state index is -0.626. The van der Waals surface area contributed by atoms with Gasteiger partial charge in [-0.3, -0.25) is 4.79 Å². The molecular formula is C23H23N3O3. The fraction of sp³-hybridized carbons (Fsp3) is 0.261. The summed E-state index contributed by atoms with van der Waals surface area (Å²) in [5.41, 5.74) is 3.98. The van der Waals surface area contributed by atoms with Crippen LogP contribution in [0.5, 0.6) is 5.88 Å². The van der Waals surface area contributed by atoms with Gasteiger partial charge in [0.2, 0.25) is 5.88 Å². The molecule has 1 aliphatic rings. The Morgan fingerprint density at radius 1 is 1.10 bits per heavy atom. The molecule has 1 aliphatic carbocycles. The van der Waals surface area contributed by atoms with Crippen LogP contribution < -0.4 is 10.1 Å². The number of aliphatic hydroxyl groups excluding tert-OH is 1. The zero-order valence-corrected chi connectivity index (χ0v) is 16.4. The topological polar surface area (TPSA) is 84.3 Å². The normalized spacial score (nSPS) is 17.8. The molecule has 3 aromatic rings. The first-order valence-electron chi connectivity index (χ1n) is 9.69. The van der Waals surface area contributed by atoms with E-state index in [0.717, 1.165) is 16.7 Å². The van der Waals surface area contributed by atoms with Crippen molar-refractivity contribution in [3.63, 3.8) is 0 Å². The Balaban J connectivity index is 1.52. The van der Waals surface area contributed by atoms with E-state index in [1.54, 1.807) is 18.2 Å². The zero-order valence-electron chi connectivity index (χ0n) is 16.4. The summed E-state index contributed by atoms with van der Waals surface area (Å²) in [6.45, 7) is 3.86. The van der Waals surface area contributed by atoms with E-state index in [1.807, 2.05) is 56.3 Å². The number of nitrogens with one attached hydrogen (secondary N) is 1. The van der Waals surface area contributed by atoms with E-state index in [0.29, 0.717) is 23.6 Å². The van der Waals surface area contributed by atoms with Crippen molar-refractivity contribution in [2.45, 2.75) is 38.5 Å². The quantitative estimate of drug-likeness (QED) is 0.699. The second kappa shape index (κ2) is 8.01. The van der Waals surface area contributed by atoms with Crippen molar-refractivity contribution >= 4 is 5.91 Å². The fourth-order valence-electron chi connectivity index (χ4n) is 3.57. The molecule has 2 aromatic carbocycles. The number of rotatable bonds is 5. The first-order valence-corrected chi connectivity index (χ1v) is 9.69. The van der Waals surface area contributed by atoms with Crippen LogP contribution in [-0.2, 0) is 6.42 Å². The summed E-state index contributed by atoms with van der Waals surface area (Å²) < 4.78 is 5.52. The minimum absolute atomic E-state index is 0.0262. The number of carbonyl (C=O) groups is 1. The molecule has 29 heavy (non-hydrogen) atoms. The number of fused-ring (bicyclic) bond motifs is 1. The van der Waals surface area contributed by atoms with Crippen LogP contribution in [0, 0.1) is 0 Å². The molecule has 4 rings (SSSR count). The van der Waals surface area contributed by atoms with Crippen LogP contribution in [0.1, 0.15) is 41.4 Å². The van der Waals surface area contributed by atoms with Gasteiger partial charge in [0.25, 0.3) is 5.91 Å². The Hall–Kier alpha value is -3.25. The standard InChI is InChI=1S/C23H23N3O3/c1-14(2)29-21-11-10-19(25-26-21)16-7-5-8-17(12-16)23(28)24-22-18-9-4-3-6-15(18)13-20(22)27/h3-12,14,20,22,27H,13H2,1-2H3,(H,24,28)/t20-,22+/m1/s1. The van der Waals surface area contributed by atoms with Gasteiger partial charge in [0, 0.05) is 23.6 Å². The number of hydrogen-bond donors (Lipinski definition) is 2. The molecule has 0 radical (unpaired) electrons. The fourth-order valence-corrected chi connectivity index (χ4v) is 3.57. The molecule has 0 unspecified atom stereocenters. The first-order chi connectivity index (χ1) is 14.0. The second-order valence-electron chi connectivity index (χ2n) is 7.43. The number of aliphatic hydroxyl groups is 1. The van der Waals surface area contributed by atoms with E-state index in [2.05, 4.69) is 15.5 Å². The van der Waals surface area contributed by atoms with Crippen LogP contribution in [0.15, 0.2) is 60.7 Å². The molecule has 1 heterocycles. The number of ether oxygens (including phenoxy) is 1. The second-order valence-corrected chi connectivity index (χ2v) is 7.43. The van der Waals surface area contributed by atoms with Crippen molar-refractivity contribution in [1.29, 1.82) is 0 Å². The summed E-state index contributed by atoms with van der Waals surface area (Å²) >= 11 is 0. The molecule has 2 atom stereocenters. The van der Waals surface area contributed by atoms with Crippen molar-refractivity contribution in [3.05, 3.63) is 77.4 Å². The highest BCUT2D eigenvalue weighted by molar-refractivity contribution is 5.95. The molecular weight excluding hydrogens is 366 g/mol. The number of benzene rings is 2. The largest absolute Gasteiger partial charge is 0.474 e. The van der Waals surface area contributed by atoms with E-state index in [4.69, 9.17) is 4.74 Å². The Bertz CT molecular complexity index is 1020. The zero-order chi connectivity index (χ0) is 20.4. The maximum atomic E-state index is 12.8. The van der Waals surface area contributed by atoms with Gasteiger partial charge in [0.1, 0.15) is 0 Å². The number of aromatic nitrogens is 2. The maximum absolute atomic E-state index is 12.8. The van der Waals surface area contributed by atoms with Crippen LogP contribution in [0.3, 0.4) is 0 Å². The molecule has 0 saturated heterocycles. The predicted octanol–water partition coefficient (Wildman–Crippen LogP) is 3.32. The lowest BCUT2D eigenvalue weighted by Crippen LogP contribution is -2.33. The lowest BCUT2D eigenvalue weighted by molar-refractivity contribution is 0.0858. The van der Waals surface area contributed by atoms with Gasteiger partial charge in [-0.15, -0.1) is 10.2 Å². The van der Waals surface area contributed by atoms with Crippen LogP contribution in [-0.4, -0.2) is 33.4 Å². The van der Waals surface area contributed by atoms with Crippen molar-refractivity contribution in [2.24, 2.45) is 0 Å². The van der Waals surface area contributed by atoms with Crippen molar-refractivity contribution in [2.75, 3.05) is 0 Å². The average Bonchev–Trinajstić information content (AvgIpc) is 3.03. The highest BCUT2D eigenvalue weighted by Gasteiger charge is 2.32. The Morgan fingerprint density at radius 2 is 1.93 bits per heavy atom. The molecule has 0 spiro atoms. The maximum Gasteiger partial charge on any atom is 0.251 e. The molecule has 1 aromatic heterocycles. The van der Waals surface area contributed by atoms with Crippen LogP contribution in [0.2, 0.25) is 0 Å². The van der Waals surface area contributed by atoms with Gasteiger partial charge in [-0.05, 0) is 43.2 Å². The average molecular weight is 389 g/mol. The lowest BCUT2D eigenvalue weighted by Gasteiger charge is -2.18. The Morgan fingerprint density at radius 3 is 2.69 bits per heavy atom. The van der Waals surface area contributed by atoms with Gasteiger partial charge in [0.05, 0.1) is 23.9 Å². The van der Waals surface area contributed by atoms with Crippen LogP contribution in [0.25, 0.3) is 11.3 Å². The molecule has 0 fully saturated rings. The van der Waals surface area contributed by atoms with E-state index in [-0.39, 0.29) is 12.0 Å². The van der Waals surface area contributed by atoms with Gasteiger partial charge in [-0.1, -0.05) is 36.4 Å². The van der Waals surface area contributed by atoms with Gasteiger partial charge in [-0.2, -0.15) is 0 Å². The first kappa shape index (κ1) is 19.1. The Labute approximate surface area is 169 Å². The lowest BCUT2D eigenvalue weighted by atomic mass is 10.1. The Kier molecular flexibility index (Phi) is 5.27. The number of carbonyl (C=O) groups excluding carboxylic acids is 1. The summed E-state index contributed by atoms with van der Waals surface area (Å²) in [4.78, 5) is 12.8. The smallest absolute Gasteiger partial charge is 0.251 e. The third kappa shape index (κ3) is 4.12. The van der Waals surface area contributed by atoms with Crippen molar-refractivity contribution < 1.29 is 14.6 Å². The SMILES string of the molecule is CC(C)Oc1ccc(-c2cccc(C(=O)N[C@H]3c4ccccc4C[C@H]3O)c2)nn1. The monoisotopic (exact) mass is 389 g/mol. The summed E-state index contributed by atoms with van der Waals surface area (Å²) in [6.07, 6.45) is -0.0567. The van der Waals surface area contributed by atoms with Crippen molar-refractivity contribution in [3.8, 4) is 17.1 Å². The van der Waals surface area contributed by atoms with E-state index in [9.17, 15) is 9.90 Å². The van der Waals surface area contributed by atoms with E-state index < -0.39 is 12.1 Å². The summed E-state index contributed by atoms with van der Waals surface area (Å²) in [7, 11) is 0. The summed E-state index contributed by atoms with van der Waals surface area (Å²) in [5.74, 6) is 0.229. The van der Waals surface area contributed by atoms with Crippen molar-refractivity contribution in [1.82, 2.24) is 15.5 Å². The van der Waals surface area contributed by atoms with Gasteiger partial charge in [0.15, 0.2) is 0 Å². The summed E-state index contributed by atoms with van der Waals surface area (Å²) in [5, 5.41) is 21.6. The van der Waals surface area contributed by atoms with E-state index >= 15 is 0 Å². The van der Waals surface area contributed by atoms with Crippen LogP contribution >= 0.6 is 0 Å². The number of amides is 1. The third-order valence-electron chi connectivity index (χ3n) is 4.91. The van der Waals surface area contributed by atoms with Crippen LogP contribution in [0.4, 0.5) is 0 Å². The molecule has 0 aliphatic heterocycles. The molecule has 0 saturated carbocycles. The van der Waals surface area contributed by atoms with E-state index in [1.165, 1.54) is 0 Å². The minimum Gasteiger partial charge on any atom is -0.474 e. The molecule has 148 valence electrons. The molecule has 6 heteroatoms. The van der Waals surface area contributed by atoms with Gasteiger partial charge in [-0.25, -0.2) is 0 Å².